The SMILES string of the molecule is CC(C)N(C)S(=O)(=O)c1ccc(Cl)c(C(=O)N(C)Cc2nc3ccccc3s2)c1. The maximum Gasteiger partial charge on any atom is 0.255 e. The molecule has 3 aromatic rings. The summed E-state index contributed by atoms with van der Waals surface area (Å²) in [7, 11) is -0.565. The average Bonchev–Trinajstić information content (AvgIpc) is 3.09. The normalized spacial score (nSPS) is 12.1. The fraction of sp³-hybridized carbons (Fsp3) is 0.300. The Bertz CT molecular complexity index is 1130. The summed E-state index contributed by atoms with van der Waals surface area (Å²) < 4.78 is 27.8. The van der Waals surface area contributed by atoms with Crippen LogP contribution in [0, 0.1) is 0 Å². The fourth-order valence-corrected chi connectivity index (χ4v) is 5.35. The molecule has 1 amide bonds. The molecule has 3 rings (SSSR count). The number of fused-ring (bicyclic) bond motifs is 1. The lowest BCUT2D eigenvalue weighted by Crippen LogP contribution is -2.33. The predicted octanol–water partition coefficient (Wildman–Crippen LogP) is 4.25. The van der Waals surface area contributed by atoms with Crippen molar-refractivity contribution in [2.75, 3.05) is 14.1 Å². The number of hydrogen-bond donors (Lipinski definition) is 0. The Morgan fingerprint density at radius 3 is 2.52 bits per heavy atom. The van der Waals surface area contributed by atoms with Crippen LogP contribution in [0.5, 0.6) is 0 Å². The van der Waals surface area contributed by atoms with Crippen molar-refractivity contribution in [2.45, 2.75) is 31.3 Å². The van der Waals surface area contributed by atoms with Gasteiger partial charge in [0, 0.05) is 20.1 Å². The Balaban J connectivity index is 1.88. The van der Waals surface area contributed by atoms with Gasteiger partial charge in [-0.25, -0.2) is 13.4 Å². The van der Waals surface area contributed by atoms with Gasteiger partial charge in [0.15, 0.2) is 0 Å². The van der Waals surface area contributed by atoms with Crippen LogP contribution in [0.3, 0.4) is 0 Å². The van der Waals surface area contributed by atoms with Gasteiger partial charge >= 0.3 is 0 Å². The molecule has 0 bridgehead atoms. The molecule has 0 atom stereocenters. The van der Waals surface area contributed by atoms with Crippen molar-refractivity contribution in [3.05, 3.63) is 58.1 Å². The van der Waals surface area contributed by atoms with Crippen LogP contribution in [0.25, 0.3) is 10.2 Å². The average molecular weight is 452 g/mol. The maximum atomic E-state index is 13.0. The highest BCUT2D eigenvalue weighted by atomic mass is 35.5. The van der Waals surface area contributed by atoms with Crippen LogP contribution in [0.4, 0.5) is 0 Å². The van der Waals surface area contributed by atoms with Crippen LogP contribution >= 0.6 is 22.9 Å². The molecule has 1 heterocycles. The molecular weight excluding hydrogens is 430 g/mol. The number of hydrogen-bond acceptors (Lipinski definition) is 5. The highest BCUT2D eigenvalue weighted by molar-refractivity contribution is 7.89. The van der Waals surface area contributed by atoms with Gasteiger partial charge in [0.05, 0.1) is 32.2 Å². The van der Waals surface area contributed by atoms with E-state index in [-0.39, 0.29) is 27.4 Å². The largest absolute Gasteiger partial charge is 0.335 e. The minimum Gasteiger partial charge on any atom is -0.335 e. The number of thiazole rings is 1. The third kappa shape index (κ3) is 4.45. The molecule has 0 aliphatic carbocycles. The van der Waals surface area contributed by atoms with Gasteiger partial charge in [-0.15, -0.1) is 11.3 Å². The molecule has 2 aromatic carbocycles. The molecule has 0 fully saturated rings. The van der Waals surface area contributed by atoms with E-state index in [4.69, 9.17) is 11.6 Å². The van der Waals surface area contributed by atoms with Gasteiger partial charge in [-0.3, -0.25) is 4.79 Å². The van der Waals surface area contributed by atoms with Crippen molar-refractivity contribution in [3.63, 3.8) is 0 Å². The minimum absolute atomic E-state index is 0.0369. The second kappa shape index (κ2) is 8.39. The molecule has 154 valence electrons. The Hall–Kier alpha value is -2.00. The number of benzene rings is 2. The monoisotopic (exact) mass is 451 g/mol. The summed E-state index contributed by atoms with van der Waals surface area (Å²) in [6.45, 7) is 3.87. The zero-order chi connectivity index (χ0) is 21.3. The van der Waals surface area contributed by atoms with E-state index < -0.39 is 10.0 Å². The van der Waals surface area contributed by atoms with Crippen molar-refractivity contribution < 1.29 is 13.2 Å². The maximum absolute atomic E-state index is 13.0. The van der Waals surface area contributed by atoms with Gasteiger partial charge in [-0.2, -0.15) is 4.31 Å². The first-order chi connectivity index (χ1) is 13.6. The number of amides is 1. The second-order valence-corrected chi connectivity index (χ2v) is 10.5. The number of rotatable bonds is 6. The van der Waals surface area contributed by atoms with Crippen molar-refractivity contribution in [1.29, 1.82) is 0 Å². The van der Waals surface area contributed by atoms with Gasteiger partial charge in [0.25, 0.3) is 5.91 Å². The predicted molar refractivity (Wildman–Crippen MR) is 117 cm³/mol. The first kappa shape index (κ1) is 21.7. The van der Waals surface area contributed by atoms with Crippen LogP contribution < -0.4 is 0 Å². The quantitative estimate of drug-likeness (QED) is 0.561. The minimum atomic E-state index is -3.72. The number of carbonyl (C=O) groups excluding carboxylic acids is 1. The molecule has 0 saturated carbocycles. The summed E-state index contributed by atoms with van der Waals surface area (Å²) in [5.41, 5.74) is 1.03. The lowest BCUT2D eigenvalue weighted by Gasteiger charge is -2.22. The molecule has 0 saturated heterocycles. The molecule has 0 aliphatic heterocycles. The Labute approximate surface area is 179 Å². The van der Waals surface area contributed by atoms with E-state index in [1.165, 1.54) is 45.8 Å². The number of nitrogens with zero attached hydrogens (tertiary/aromatic N) is 3. The van der Waals surface area contributed by atoms with Crippen molar-refractivity contribution in [1.82, 2.24) is 14.2 Å². The van der Waals surface area contributed by atoms with E-state index >= 15 is 0 Å². The van der Waals surface area contributed by atoms with Crippen LogP contribution in [0.2, 0.25) is 5.02 Å². The van der Waals surface area contributed by atoms with Crippen molar-refractivity contribution in [2.24, 2.45) is 0 Å². The molecular formula is C20H22ClN3O3S2. The molecule has 6 nitrogen and oxygen atoms in total. The number of aromatic nitrogens is 1. The van der Waals surface area contributed by atoms with Crippen molar-refractivity contribution in [3.8, 4) is 0 Å². The van der Waals surface area contributed by atoms with E-state index in [1.54, 1.807) is 20.9 Å². The smallest absolute Gasteiger partial charge is 0.255 e. The first-order valence-electron chi connectivity index (χ1n) is 8.98. The third-order valence-corrected chi connectivity index (χ3v) is 8.01. The topological polar surface area (TPSA) is 70.6 Å². The van der Waals surface area contributed by atoms with E-state index in [9.17, 15) is 13.2 Å². The zero-order valence-electron chi connectivity index (χ0n) is 16.6. The lowest BCUT2D eigenvalue weighted by molar-refractivity contribution is 0.0785. The van der Waals surface area contributed by atoms with Gasteiger partial charge < -0.3 is 4.90 Å². The molecule has 0 radical (unpaired) electrons. The second-order valence-electron chi connectivity index (χ2n) is 6.99. The summed E-state index contributed by atoms with van der Waals surface area (Å²) in [4.78, 5) is 19.0. The highest BCUT2D eigenvalue weighted by Crippen LogP contribution is 2.26. The number of sulfonamides is 1. The zero-order valence-corrected chi connectivity index (χ0v) is 19.0. The molecule has 0 aliphatic rings. The molecule has 0 unspecified atom stereocenters. The van der Waals surface area contributed by atoms with Crippen LogP contribution in [0.15, 0.2) is 47.4 Å². The van der Waals surface area contributed by atoms with Gasteiger partial charge in [-0.1, -0.05) is 23.7 Å². The molecule has 0 N–H and O–H groups in total. The molecule has 0 spiro atoms. The van der Waals surface area contributed by atoms with E-state index in [1.807, 2.05) is 24.3 Å². The lowest BCUT2D eigenvalue weighted by atomic mass is 10.2. The van der Waals surface area contributed by atoms with Crippen molar-refractivity contribution >= 4 is 49.1 Å². The van der Waals surface area contributed by atoms with E-state index in [0.717, 1.165) is 15.2 Å². The van der Waals surface area contributed by atoms with Crippen LogP contribution in [-0.2, 0) is 16.6 Å². The summed E-state index contributed by atoms with van der Waals surface area (Å²) >= 11 is 7.74. The molecule has 9 heteroatoms. The Morgan fingerprint density at radius 1 is 1.17 bits per heavy atom. The summed E-state index contributed by atoms with van der Waals surface area (Å²) in [5.74, 6) is -0.362. The number of para-hydroxylation sites is 1. The van der Waals surface area contributed by atoms with Gasteiger partial charge in [-0.05, 0) is 44.2 Å². The van der Waals surface area contributed by atoms with Gasteiger partial charge in [0.2, 0.25) is 10.0 Å². The van der Waals surface area contributed by atoms with E-state index in [0.29, 0.717) is 6.54 Å². The third-order valence-electron chi connectivity index (χ3n) is 4.63. The number of carbonyl (C=O) groups is 1. The fourth-order valence-electron chi connectivity index (χ4n) is 2.74. The Morgan fingerprint density at radius 2 is 1.86 bits per heavy atom. The van der Waals surface area contributed by atoms with Crippen LogP contribution in [-0.4, -0.2) is 48.7 Å². The standard InChI is InChI=1S/C20H22ClN3O3S2/c1-13(2)24(4)29(26,27)14-9-10-16(21)15(11-14)20(25)23(3)12-19-22-17-7-5-6-8-18(17)28-19/h5-11,13H,12H2,1-4H3. The number of halogens is 1. The van der Waals surface area contributed by atoms with E-state index in [2.05, 4.69) is 4.98 Å². The summed E-state index contributed by atoms with van der Waals surface area (Å²) in [5, 5.41) is 0.999. The summed E-state index contributed by atoms with van der Waals surface area (Å²) in [6, 6.07) is 11.8. The molecule has 29 heavy (non-hydrogen) atoms. The highest BCUT2D eigenvalue weighted by Gasteiger charge is 2.26. The summed E-state index contributed by atoms with van der Waals surface area (Å²) in [6.07, 6.45) is 0. The van der Waals surface area contributed by atoms with Gasteiger partial charge in [0.1, 0.15) is 5.01 Å². The molecule has 1 aromatic heterocycles. The Kier molecular flexibility index (Phi) is 6.28. The van der Waals surface area contributed by atoms with Crippen LogP contribution in [0.1, 0.15) is 29.2 Å². The first-order valence-corrected chi connectivity index (χ1v) is 11.6.